The molecule has 2 N–H and O–H groups in total. The lowest BCUT2D eigenvalue weighted by molar-refractivity contribution is 0.102. The lowest BCUT2D eigenvalue weighted by atomic mass is 10.2. The van der Waals surface area contributed by atoms with Crippen LogP contribution < -0.4 is 10.6 Å². The molecular formula is C19H15Cl2FN4O3S. The van der Waals surface area contributed by atoms with Crippen molar-refractivity contribution in [1.29, 1.82) is 0 Å². The summed E-state index contributed by atoms with van der Waals surface area (Å²) in [6, 6.07) is 10.1. The molecule has 11 heteroatoms. The molecule has 7 nitrogen and oxygen atoms in total. The first kappa shape index (κ1) is 21.9. The van der Waals surface area contributed by atoms with Gasteiger partial charge in [-0.3, -0.25) is 4.79 Å². The van der Waals surface area contributed by atoms with E-state index in [0.717, 1.165) is 12.3 Å². The second-order valence-electron chi connectivity index (χ2n) is 5.98. The van der Waals surface area contributed by atoms with Gasteiger partial charge in [-0.1, -0.05) is 36.7 Å². The Hall–Kier alpha value is -2.75. The zero-order chi connectivity index (χ0) is 21.9. The zero-order valence-corrected chi connectivity index (χ0v) is 17.8. The molecule has 1 amide bonds. The third-order valence-electron chi connectivity index (χ3n) is 4.06. The van der Waals surface area contributed by atoms with E-state index in [2.05, 4.69) is 20.6 Å². The van der Waals surface area contributed by atoms with Gasteiger partial charge >= 0.3 is 0 Å². The van der Waals surface area contributed by atoms with Gasteiger partial charge in [-0.05, 0) is 35.9 Å². The fourth-order valence-corrected chi connectivity index (χ4v) is 3.94. The highest BCUT2D eigenvalue weighted by atomic mass is 35.5. The fourth-order valence-electron chi connectivity index (χ4n) is 2.54. The van der Waals surface area contributed by atoms with Crippen LogP contribution in [0.5, 0.6) is 0 Å². The first-order valence-electron chi connectivity index (χ1n) is 8.59. The number of hydrogen-bond donors (Lipinski definition) is 2. The maximum atomic E-state index is 14.0. The standard InChI is InChI=1S/C19H15Cl2FN4O3S/c1-2-30(28,29)15-9-4-3-8-14(15)24-17-11(10-23-19(21)26-17)18(27)25-16-12(20)6-5-7-13(16)22/h3-10H,2H2,1H3,(H,25,27)(H,23,24,26). The molecule has 0 fully saturated rings. The lowest BCUT2D eigenvalue weighted by Crippen LogP contribution is -2.17. The van der Waals surface area contributed by atoms with Crippen LogP contribution in [-0.4, -0.2) is 30.0 Å². The average molecular weight is 469 g/mol. The van der Waals surface area contributed by atoms with Crippen molar-refractivity contribution < 1.29 is 17.6 Å². The van der Waals surface area contributed by atoms with Crippen LogP contribution in [0.4, 0.5) is 21.6 Å². The summed E-state index contributed by atoms with van der Waals surface area (Å²) in [5, 5.41) is 5.02. The lowest BCUT2D eigenvalue weighted by Gasteiger charge is -2.14. The number of carbonyl (C=O) groups is 1. The van der Waals surface area contributed by atoms with Gasteiger partial charge < -0.3 is 10.6 Å². The van der Waals surface area contributed by atoms with E-state index in [0.29, 0.717) is 0 Å². The minimum Gasteiger partial charge on any atom is -0.338 e. The molecule has 0 aliphatic carbocycles. The number of carbonyl (C=O) groups excluding carboxylic acids is 1. The zero-order valence-electron chi connectivity index (χ0n) is 15.5. The second-order valence-corrected chi connectivity index (χ2v) is 8.97. The topological polar surface area (TPSA) is 101 Å². The smallest absolute Gasteiger partial charge is 0.261 e. The van der Waals surface area contributed by atoms with Gasteiger partial charge in [-0.2, -0.15) is 4.98 Å². The van der Waals surface area contributed by atoms with Gasteiger partial charge in [-0.15, -0.1) is 0 Å². The number of hydrogen-bond acceptors (Lipinski definition) is 6. The quantitative estimate of drug-likeness (QED) is 0.507. The highest BCUT2D eigenvalue weighted by Crippen LogP contribution is 2.29. The highest BCUT2D eigenvalue weighted by Gasteiger charge is 2.21. The van der Waals surface area contributed by atoms with Gasteiger partial charge in [0.15, 0.2) is 9.84 Å². The molecule has 3 rings (SSSR count). The molecule has 1 heterocycles. The van der Waals surface area contributed by atoms with Gasteiger partial charge in [0.1, 0.15) is 17.2 Å². The number of halogens is 3. The van der Waals surface area contributed by atoms with Crippen molar-refractivity contribution in [3.8, 4) is 0 Å². The molecule has 3 aromatic rings. The Morgan fingerprint density at radius 2 is 1.87 bits per heavy atom. The Kier molecular flexibility index (Phi) is 6.55. The van der Waals surface area contributed by atoms with Crippen molar-refractivity contribution in [2.75, 3.05) is 16.4 Å². The van der Waals surface area contributed by atoms with Crippen LogP contribution in [-0.2, 0) is 9.84 Å². The van der Waals surface area contributed by atoms with E-state index < -0.39 is 21.6 Å². The summed E-state index contributed by atoms with van der Waals surface area (Å²) in [6.45, 7) is 1.52. The highest BCUT2D eigenvalue weighted by molar-refractivity contribution is 7.91. The second kappa shape index (κ2) is 8.95. The monoisotopic (exact) mass is 468 g/mol. The summed E-state index contributed by atoms with van der Waals surface area (Å²) in [6.07, 6.45) is 1.14. The van der Waals surface area contributed by atoms with Crippen LogP contribution >= 0.6 is 23.2 Å². The molecule has 1 aromatic heterocycles. The minimum absolute atomic E-state index is 0.00660. The molecule has 0 saturated heterocycles. The summed E-state index contributed by atoms with van der Waals surface area (Å²) >= 11 is 11.8. The van der Waals surface area contributed by atoms with Crippen LogP contribution in [0, 0.1) is 5.82 Å². The molecule has 0 radical (unpaired) electrons. The van der Waals surface area contributed by atoms with Gasteiger partial charge in [-0.25, -0.2) is 17.8 Å². The average Bonchev–Trinajstić information content (AvgIpc) is 2.71. The number of benzene rings is 2. The summed E-state index contributed by atoms with van der Waals surface area (Å²) < 4.78 is 38.8. The number of amides is 1. The van der Waals surface area contributed by atoms with Crippen molar-refractivity contribution in [3.63, 3.8) is 0 Å². The molecule has 156 valence electrons. The molecule has 2 aromatic carbocycles. The van der Waals surface area contributed by atoms with Crippen molar-refractivity contribution in [1.82, 2.24) is 9.97 Å². The maximum absolute atomic E-state index is 14.0. The van der Waals surface area contributed by atoms with Crippen LogP contribution in [0.15, 0.2) is 53.6 Å². The first-order chi connectivity index (χ1) is 14.2. The first-order valence-corrected chi connectivity index (χ1v) is 11.0. The number of sulfone groups is 1. The van der Waals surface area contributed by atoms with E-state index in [9.17, 15) is 17.6 Å². The van der Waals surface area contributed by atoms with E-state index in [1.807, 2.05) is 0 Å². The van der Waals surface area contributed by atoms with Crippen LogP contribution in [0.3, 0.4) is 0 Å². The SMILES string of the molecule is CCS(=O)(=O)c1ccccc1Nc1nc(Cl)ncc1C(=O)Nc1c(F)cccc1Cl. The Morgan fingerprint density at radius 1 is 1.13 bits per heavy atom. The Bertz CT molecular complexity index is 1200. The third kappa shape index (κ3) is 4.69. The number of nitrogens with one attached hydrogen (secondary N) is 2. The summed E-state index contributed by atoms with van der Waals surface area (Å²) in [5.41, 5.74) is -0.103. The van der Waals surface area contributed by atoms with Crippen LogP contribution in [0.1, 0.15) is 17.3 Å². The third-order valence-corrected chi connectivity index (χ3v) is 6.34. The Labute approximate surface area is 182 Å². The molecule has 0 saturated carbocycles. The number of aromatic nitrogens is 2. The summed E-state index contributed by atoms with van der Waals surface area (Å²) in [4.78, 5) is 20.6. The van der Waals surface area contributed by atoms with Gasteiger partial charge in [0.25, 0.3) is 5.91 Å². The van der Waals surface area contributed by atoms with E-state index in [1.165, 1.54) is 31.2 Å². The predicted molar refractivity (Wildman–Crippen MR) is 114 cm³/mol. The maximum Gasteiger partial charge on any atom is 0.261 e. The fraction of sp³-hybridized carbons (Fsp3) is 0.105. The summed E-state index contributed by atoms with van der Waals surface area (Å²) in [7, 11) is -3.56. The van der Waals surface area contributed by atoms with Crippen molar-refractivity contribution in [3.05, 3.63) is 70.3 Å². The van der Waals surface area contributed by atoms with Crippen molar-refractivity contribution in [2.45, 2.75) is 11.8 Å². The number of rotatable bonds is 6. The normalized spacial score (nSPS) is 11.2. The molecule has 30 heavy (non-hydrogen) atoms. The van der Waals surface area contributed by atoms with Gasteiger partial charge in [0.05, 0.1) is 27.0 Å². The van der Waals surface area contributed by atoms with E-state index in [1.54, 1.807) is 12.1 Å². The number of para-hydroxylation sites is 2. The molecular weight excluding hydrogens is 454 g/mol. The van der Waals surface area contributed by atoms with Crippen molar-refractivity contribution >= 4 is 56.1 Å². The van der Waals surface area contributed by atoms with E-state index in [4.69, 9.17) is 23.2 Å². The van der Waals surface area contributed by atoms with Crippen molar-refractivity contribution in [2.24, 2.45) is 0 Å². The molecule has 0 aliphatic rings. The Morgan fingerprint density at radius 3 is 2.57 bits per heavy atom. The van der Waals surface area contributed by atoms with E-state index >= 15 is 0 Å². The Balaban J connectivity index is 2.01. The van der Waals surface area contributed by atoms with Gasteiger partial charge in [0, 0.05) is 6.20 Å². The number of nitrogens with zero attached hydrogens (tertiary/aromatic N) is 2. The van der Waals surface area contributed by atoms with Crippen LogP contribution in [0.2, 0.25) is 10.3 Å². The van der Waals surface area contributed by atoms with E-state index in [-0.39, 0.29) is 43.7 Å². The largest absolute Gasteiger partial charge is 0.338 e. The number of anilines is 3. The molecule has 0 bridgehead atoms. The summed E-state index contributed by atoms with van der Waals surface area (Å²) in [5.74, 6) is -1.66. The molecule has 0 atom stereocenters. The molecule has 0 unspecified atom stereocenters. The molecule has 0 aliphatic heterocycles. The van der Waals surface area contributed by atoms with Gasteiger partial charge in [0.2, 0.25) is 5.28 Å². The van der Waals surface area contributed by atoms with Crippen LogP contribution in [0.25, 0.3) is 0 Å². The molecule has 0 spiro atoms. The minimum atomic E-state index is -3.56. The predicted octanol–water partition coefficient (Wildman–Crippen LogP) is 4.71.